The van der Waals surface area contributed by atoms with E-state index in [2.05, 4.69) is 9.98 Å². The van der Waals surface area contributed by atoms with Crippen LogP contribution in [0, 0.1) is 0 Å². The molecular formula is C38H22N4O4S2. The first-order valence-corrected chi connectivity index (χ1v) is 17.5. The van der Waals surface area contributed by atoms with Crippen molar-refractivity contribution in [2.75, 3.05) is 0 Å². The first kappa shape index (κ1) is 27.8. The third kappa shape index (κ3) is 3.75. The Labute approximate surface area is 278 Å². The predicted octanol–water partition coefficient (Wildman–Crippen LogP) is 6.10. The molecular weight excluding hydrogens is 641 g/mol. The van der Waals surface area contributed by atoms with Gasteiger partial charge in [0.05, 0.1) is 26.6 Å². The summed E-state index contributed by atoms with van der Waals surface area (Å²) in [5.41, 5.74) is -0.235. The average Bonchev–Trinajstić information content (AvgIpc) is 3.88. The van der Waals surface area contributed by atoms with Crippen LogP contribution in [0.4, 0.5) is 10.3 Å². The number of fused-ring (bicyclic) bond motifs is 9. The number of rotatable bonds is 2. The molecule has 0 saturated heterocycles. The minimum Gasteiger partial charge on any atom is -0.287 e. The van der Waals surface area contributed by atoms with Crippen molar-refractivity contribution in [1.82, 2.24) is 9.97 Å². The van der Waals surface area contributed by atoms with Gasteiger partial charge in [-0.25, -0.2) is 20.0 Å². The Hall–Kier alpha value is -5.32. The van der Waals surface area contributed by atoms with Gasteiger partial charge in [-0.3, -0.25) is 19.2 Å². The van der Waals surface area contributed by atoms with Crippen molar-refractivity contribution in [2.45, 2.75) is 37.5 Å². The van der Waals surface area contributed by atoms with Gasteiger partial charge in [-0.05, 0) is 58.7 Å². The molecule has 2 aliphatic carbocycles. The molecule has 0 radical (unpaired) electrons. The summed E-state index contributed by atoms with van der Waals surface area (Å²) in [6.45, 7) is 0. The minimum absolute atomic E-state index is 0.118. The fourth-order valence-corrected chi connectivity index (χ4v) is 9.97. The lowest BCUT2D eigenvalue weighted by Crippen LogP contribution is -2.31. The van der Waals surface area contributed by atoms with Crippen molar-refractivity contribution in [3.8, 4) is 9.75 Å². The van der Waals surface area contributed by atoms with Crippen molar-refractivity contribution in [2.24, 2.45) is 9.98 Å². The molecule has 1 spiro atoms. The summed E-state index contributed by atoms with van der Waals surface area (Å²) in [7, 11) is 0. The van der Waals surface area contributed by atoms with E-state index >= 15 is 0 Å². The van der Waals surface area contributed by atoms with Crippen molar-refractivity contribution < 1.29 is 0 Å². The lowest BCUT2D eigenvalue weighted by molar-refractivity contribution is 0.340. The molecule has 8 nitrogen and oxygen atoms in total. The first-order chi connectivity index (χ1) is 23.4. The van der Waals surface area contributed by atoms with E-state index in [-0.39, 0.29) is 32.4 Å². The summed E-state index contributed by atoms with van der Waals surface area (Å²) in [6, 6.07) is 22.3. The van der Waals surface area contributed by atoms with E-state index in [0.717, 1.165) is 74.8 Å². The van der Waals surface area contributed by atoms with Crippen molar-refractivity contribution in [1.29, 1.82) is 0 Å². The Balaban J connectivity index is 1.14. The van der Waals surface area contributed by atoms with Gasteiger partial charge in [0.15, 0.2) is 10.7 Å². The largest absolute Gasteiger partial charge is 0.287 e. The Morgan fingerprint density at radius 2 is 0.875 bits per heavy atom. The molecule has 1 saturated carbocycles. The molecule has 0 N–H and O–H groups in total. The van der Waals surface area contributed by atoms with Crippen LogP contribution in [0.2, 0.25) is 0 Å². The maximum Gasteiger partial charge on any atom is 0.216 e. The van der Waals surface area contributed by atoms with Gasteiger partial charge in [0, 0.05) is 21.5 Å². The first-order valence-electron chi connectivity index (χ1n) is 15.8. The van der Waals surface area contributed by atoms with E-state index in [1.165, 1.54) is 22.7 Å². The molecule has 0 unspecified atom stereocenters. The van der Waals surface area contributed by atoms with Crippen molar-refractivity contribution >= 4 is 76.0 Å². The SMILES string of the molecule is O=c1c(=Nc2nc3c(s2)-c2sc(N=c4c(=O)c5cc6ccccc6cc5c4=O)nc2C32CCCCC2)c(=O)c2cc3ccccc3cc12. The molecule has 0 bridgehead atoms. The van der Waals surface area contributed by atoms with Gasteiger partial charge >= 0.3 is 0 Å². The lowest BCUT2D eigenvalue weighted by Gasteiger charge is -2.32. The topological polar surface area (TPSA) is 119 Å². The zero-order valence-electron chi connectivity index (χ0n) is 25.2. The lowest BCUT2D eigenvalue weighted by atomic mass is 9.72. The van der Waals surface area contributed by atoms with Crippen LogP contribution in [-0.4, -0.2) is 9.97 Å². The highest BCUT2D eigenvalue weighted by Crippen LogP contribution is 2.60. The van der Waals surface area contributed by atoms with Crippen LogP contribution in [0.5, 0.6) is 0 Å². The van der Waals surface area contributed by atoms with E-state index in [0.29, 0.717) is 31.8 Å². The Bertz CT molecular complexity index is 2700. The summed E-state index contributed by atoms with van der Waals surface area (Å²) < 4.78 is 0. The summed E-state index contributed by atoms with van der Waals surface area (Å²) in [5, 5.41) is 5.50. The number of aromatic nitrogens is 2. The second kappa shape index (κ2) is 9.85. The molecule has 2 heterocycles. The molecule has 8 aromatic rings. The summed E-state index contributed by atoms with van der Waals surface area (Å²) in [6.07, 6.45) is 4.80. The molecule has 2 aromatic heterocycles. The van der Waals surface area contributed by atoms with Gasteiger partial charge in [0.1, 0.15) is 0 Å². The van der Waals surface area contributed by atoms with Gasteiger partial charge < -0.3 is 0 Å². The molecule has 0 amide bonds. The second-order valence-corrected chi connectivity index (χ2v) is 14.7. The predicted molar refractivity (Wildman–Crippen MR) is 190 cm³/mol. The standard InChI is InChI=1S/C38H22N4O4S2/c43-28-22-14-18-8-2-3-9-19(18)15-23(22)29(44)26(28)39-36-41-34-32(47-36)33-35(38(34)12-6-1-7-13-38)42-37(48-33)40-27-30(45)24-16-20-10-4-5-11-21(20)17-25(24)31(27)46/h2-5,8-11,14-17H,1,6-7,12-13H2. The second-order valence-electron chi connectivity index (χ2n) is 12.7. The monoisotopic (exact) mass is 662 g/mol. The smallest absolute Gasteiger partial charge is 0.216 e. The molecule has 10 heteroatoms. The van der Waals surface area contributed by atoms with Crippen molar-refractivity contribution in [3.05, 3.63) is 136 Å². The minimum atomic E-state index is -0.443. The molecule has 10 rings (SSSR count). The van der Waals surface area contributed by atoms with E-state index in [4.69, 9.17) is 9.97 Å². The van der Waals surface area contributed by atoms with Gasteiger partial charge in [0.25, 0.3) is 0 Å². The fraction of sp³-hybridized carbons (Fsp3) is 0.158. The molecule has 48 heavy (non-hydrogen) atoms. The number of nitrogens with zero attached hydrogens (tertiary/aromatic N) is 4. The van der Waals surface area contributed by atoms with Crippen LogP contribution >= 0.6 is 22.7 Å². The van der Waals surface area contributed by atoms with Crippen LogP contribution in [0.3, 0.4) is 0 Å². The maximum atomic E-state index is 13.4. The molecule has 6 aromatic carbocycles. The van der Waals surface area contributed by atoms with E-state index in [9.17, 15) is 19.2 Å². The van der Waals surface area contributed by atoms with Crippen molar-refractivity contribution in [3.63, 3.8) is 0 Å². The Morgan fingerprint density at radius 3 is 1.23 bits per heavy atom. The Morgan fingerprint density at radius 1 is 0.521 bits per heavy atom. The maximum absolute atomic E-state index is 13.4. The molecule has 0 atom stereocenters. The van der Waals surface area contributed by atoms with E-state index in [1.54, 1.807) is 24.3 Å². The van der Waals surface area contributed by atoms with Crippen LogP contribution in [0.25, 0.3) is 52.8 Å². The van der Waals surface area contributed by atoms with Gasteiger partial charge in [-0.1, -0.05) is 90.5 Å². The highest BCUT2D eigenvalue weighted by Gasteiger charge is 2.49. The van der Waals surface area contributed by atoms with Gasteiger partial charge in [-0.2, -0.15) is 0 Å². The number of benzene rings is 4. The fourth-order valence-electron chi connectivity index (χ4n) is 7.75. The molecule has 0 aliphatic heterocycles. The summed E-state index contributed by atoms with van der Waals surface area (Å²) >= 11 is 2.68. The van der Waals surface area contributed by atoms with Crippen LogP contribution in [-0.2, 0) is 5.41 Å². The number of thiazole rings is 2. The third-order valence-electron chi connectivity index (χ3n) is 10.1. The molecule has 1 fully saturated rings. The van der Waals surface area contributed by atoms with E-state index < -0.39 is 5.41 Å². The van der Waals surface area contributed by atoms with Gasteiger partial charge in [-0.15, -0.1) is 0 Å². The number of hydrogen-bond donors (Lipinski definition) is 0. The highest BCUT2D eigenvalue weighted by molar-refractivity contribution is 7.25. The third-order valence-corrected chi connectivity index (χ3v) is 12.1. The van der Waals surface area contributed by atoms with E-state index in [1.807, 2.05) is 48.5 Å². The normalized spacial score (nSPS) is 15.2. The highest BCUT2D eigenvalue weighted by atomic mass is 32.1. The van der Waals surface area contributed by atoms with Crippen LogP contribution in [0.15, 0.2) is 102 Å². The average molecular weight is 663 g/mol. The zero-order valence-corrected chi connectivity index (χ0v) is 26.8. The molecule has 2 aliphatic rings. The number of hydrogen-bond acceptors (Lipinski definition) is 10. The van der Waals surface area contributed by atoms with Gasteiger partial charge in [0.2, 0.25) is 32.0 Å². The van der Waals surface area contributed by atoms with Crippen LogP contribution in [0.1, 0.15) is 43.5 Å². The van der Waals surface area contributed by atoms with Crippen LogP contribution < -0.4 is 32.4 Å². The summed E-state index contributed by atoms with van der Waals surface area (Å²) in [5.74, 6) is 0. The molecule has 230 valence electrons. The quantitative estimate of drug-likeness (QED) is 0.221. The summed E-state index contributed by atoms with van der Waals surface area (Å²) in [4.78, 5) is 74.7. The Kier molecular flexibility index (Phi) is 5.70. The zero-order chi connectivity index (χ0) is 32.3.